The number of anilines is 1. The molecule has 0 spiro atoms. The maximum atomic E-state index is 11.7. The van der Waals surface area contributed by atoms with Crippen LogP contribution < -0.4 is 10.1 Å². The number of carbonyl (C=O) groups is 1. The number of nitrogens with one attached hydrogen (secondary N) is 1. The van der Waals surface area contributed by atoms with Gasteiger partial charge in [-0.1, -0.05) is 44.2 Å². The van der Waals surface area contributed by atoms with Crippen LogP contribution in [-0.2, 0) is 19.3 Å². The van der Waals surface area contributed by atoms with Gasteiger partial charge < -0.3 is 15.2 Å². The number of aromatic carboxylic acids is 1. The van der Waals surface area contributed by atoms with Gasteiger partial charge in [-0.05, 0) is 55.4 Å². The van der Waals surface area contributed by atoms with Gasteiger partial charge in [-0.25, -0.2) is 4.79 Å². The van der Waals surface area contributed by atoms with Crippen molar-refractivity contribution < 1.29 is 14.6 Å². The first-order valence-electron chi connectivity index (χ1n) is 11.3. The summed E-state index contributed by atoms with van der Waals surface area (Å²) < 4.78 is 5.87. The molecule has 5 heteroatoms. The Bertz CT molecular complexity index is 1100. The highest BCUT2D eigenvalue weighted by Crippen LogP contribution is 2.41. The van der Waals surface area contributed by atoms with Crippen molar-refractivity contribution >= 4 is 11.7 Å². The van der Waals surface area contributed by atoms with Crippen molar-refractivity contribution in [3.05, 3.63) is 76.5 Å². The fourth-order valence-electron chi connectivity index (χ4n) is 4.76. The molecule has 0 aliphatic heterocycles. The Morgan fingerprint density at radius 3 is 2.50 bits per heavy atom. The summed E-state index contributed by atoms with van der Waals surface area (Å²) in [6.45, 7) is 4.35. The average molecular weight is 431 g/mol. The quantitative estimate of drug-likeness (QED) is 0.476. The lowest BCUT2D eigenvalue weighted by atomic mass is 9.88. The monoisotopic (exact) mass is 430 g/mol. The third kappa shape index (κ3) is 4.07. The van der Waals surface area contributed by atoms with E-state index in [-0.39, 0.29) is 11.6 Å². The second kappa shape index (κ2) is 9.43. The first kappa shape index (κ1) is 21.9. The summed E-state index contributed by atoms with van der Waals surface area (Å²) in [6, 6.07) is 15.5. The zero-order valence-electron chi connectivity index (χ0n) is 18.9. The number of para-hydroxylation sites is 1. The van der Waals surface area contributed by atoms with Crippen molar-refractivity contribution in [2.75, 3.05) is 12.4 Å². The number of carboxylic acids is 1. The Kier molecular flexibility index (Phi) is 6.45. The molecule has 32 heavy (non-hydrogen) atoms. The van der Waals surface area contributed by atoms with Gasteiger partial charge in [-0.15, -0.1) is 0 Å². The van der Waals surface area contributed by atoms with Crippen LogP contribution in [0.1, 0.15) is 65.5 Å². The second-order valence-electron chi connectivity index (χ2n) is 8.17. The van der Waals surface area contributed by atoms with E-state index in [4.69, 9.17) is 9.72 Å². The van der Waals surface area contributed by atoms with E-state index in [1.165, 1.54) is 16.7 Å². The van der Waals surface area contributed by atoms with E-state index < -0.39 is 5.97 Å². The molecule has 0 amide bonds. The molecule has 0 radical (unpaired) electrons. The maximum Gasteiger partial charge on any atom is 0.337 e. The molecule has 0 saturated heterocycles. The van der Waals surface area contributed by atoms with Gasteiger partial charge in [0.25, 0.3) is 0 Å². The average Bonchev–Trinajstić information content (AvgIpc) is 2.83. The van der Waals surface area contributed by atoms with Gasteiger partial charge in [0.1, 0.15) is 5.75 Å². The maximum absolute atomic E-state index is 11.7. The minimum Gasteiger partial charge on any atom is -0.496 e. The van der Waals surface area contributed by atoms with E-state index in [0.29, 0.717) is 5.69 Å². The molecule has 2 N–H and O–H groups in total. The third-order valence-electron chi connectivity index (χ3n) is 6.32. The van der Waals surface area contributed by atoms with E-state index >= 15 is 0 Å². The molecular formula is C27H30N2O3. The predicted molar refractivity (Wildman–Crippen MR) is 128 cm³/mol. The van der Waals surface area contributed by atoms with Crippen LogP contribution in [0.4, 0.5) is 5.69 Å². The number of nitrogens with zero attached hydrogens (tertiary/aromatic N) is 1. The summed E-state index contributed by atoms with van der Waals surface area (Å²) in [6.07, 6.45) is 4.65. The number of rotatable bonds is 7. The lowest BCUT2D eigenvalue weighted by Gasteiger charge is -2.29. The minimum absolute atomic E-state index is 0.0529. The Hall–Kier alpha value is -3.34. The Balaban J connectivity index is 1.80. The van der Waals surface area contributed by atoms with Gasteiger partial charge in [0.2, 0.25) is 0 Å². The number of aryl methyl sites for hydroxylation is 3. The van der Waals surface area contributed by atoms with Gasteiger partial charge in [0, 0.05) is 22.9 Å². The van der Waals surface area contributed by atoms with E-state index in [1.54, 1.807) is 19.2 Å². The SMILES string of the molecule is CCc1cccc(CC)c1-c1cc(OC)c2c(n1)CCCC2Nc1ccccc1C(=O)O. The normalized spacial score (nSPS) is 15.2. The van der Waals surface area contributed by atoms with Crippen LogP contribution in [0.2, 0.25) is 0 Å². The Labute approximate surface area is 189 Å². The summed E-state index contributed by atoms with van der Waals surface area (Å²) in [5.41, 5.74) is 7.71. The van der Waals surface area contributed by atoms with Crippen LogP contribution in [0.3, 0.4) is 0 Å². The van der Waals surface area contributed by atoms with Crippen LogP contribution in [0.5, 0.6) is 5.75 Å². The highest BCUT2D eigenvalue weighted by molar-refractivity contribution is 5.94. The topological polar surface area (TPSA) is 71.5 Å². The molecule has 0 saturated carbocycles. The van der Waals surface area contributed by atoms with Gasteiger partial charge in [-0.3, -0.25) is 4.98 Å². The molecule has 2 aromatic carbocycles. The van der Waals surface area contributed by atoms with E-state index in [2.05, 4.69) is 43.4 Å². The predicted octanol–water partition coefficient (Wildman–Crippen LogP) is 6.07. The number of carboxylic acid groups (broad SMARTS) is 1. The van der Waals surface area contributed by atoms with Gasteiger partial charge in [0.15, 0.2) is 0 Å². The zero-order valence-corrected chi connectivity index (χ0v) is 18.9. The summed E-state index contributed by atoms with van der Waals surface area (Å²) >= 11 is 0. The smallest absolute Gasteiger partial charge is 0.337 e. The van der Waals surface area contributed by atoms with Gasteiger partial charge in [0.05, 0.1) is 30.1 Å². The largest absolute Gasteiger partial charge is 0.496 e. The number of hydrogen-bond acceptors (Lipinski definition) is 4. The summed E-state index contributed by atoms with van der Waals surface area (Å²) in [5.74, 6) is -0.129. The number of ether oxygens (including phenoxy) is 1. The fraction of sp³-hybridized carbons (Fsp3) is 0.333. The molecule has 1 atom stereocenters. The van der Waals surface area contributed by atoms with Crippen LogP contribution in [0.25, 0.3) is 11.3 Å². The van der Waals surface area contributed by atoms with Crippen molar-refractivity contribution in [3.63, 3.8) is 0 Å². The minimum atomic E-state index is -0.937. The number of pyridine rings is 1. The molecule has 1 aliphatic rings. The summed E-state index contributed by atoms with van der Waals surface area (Å²) in [5, 5.41) is 13.0. The number of methoxy groups -OCH3 is 1. The standard InChI is InChI=1S/C27H30N2O3/c1-4-17-10-8-11-18(5-2)25(17)23-16-24(32-3)26-21(14-9-15-22(26)29-23)28-20-13-7-6-12-19(20)27(30)31/h6-8,10-13,16,21,28H,4-5,9,14-15H2,1-3H3,(H,30,31). The van der Waals surface area contributed by atoms with Crippen molar-refractivity contribution in [1.82, 2.24) is 4.98 Å². The van der Waals surface area contributed by atoms with Crippen molar-refractivity contribution in [3.8, 4) is 17.0 Å². The third-order valence-corrected chi connectivity index (χ3v) is 6.32. The fourth-order valence-corrected chi connectivity index (χ4v) is 4.76. The van der Waals surface area contributed by atoms with E-state index in [0.717, 1.165) is 54.8 Å². The van der Waals surface area contributed by atoms with E-state index in [1.807, 2.05) is 12.1 Å². The summed E-state index contributed by atoms with van der Waals surface area (Å²) in [7, 11) is 1.70. The Morgan fingerprint density at radius 2 is 1.84 bits per heavy atom. The first-order chi connectivity index (χ1) is 15.6. The molecule has 3 aromatic rings. The molecule has 0 fully saturated rings. The Morgan fingerprint density at radius 1 is 1.12 bits per heavy atom. The molecule has 0 bridgehead atoms. The van der Waals surface area contributed by atoms with Crippen molar-refractivity contribution in [1.29, 1.82) is 0 Å². The second-order valence-corrected chi connectivity index (χ2v) is 8.17. The van der Waals surface area contributed by atoms with Crippen LogP contribution >= 0.6 is 0 Å². The highest BCUT2D eigenvalue weighted by atomic mass is 16.5. The number of aromatic nitrogens is 1. The number of hydrogen-bond donors (Lipinski definition) is 2. The van der Waals surface area contributed by atoms with Crippen molar-refractivity contribution in [2.24, 2.45) is 0 Å². The molecule has 1 aromatic heterocycles. The molecule has 1 unspecified atom stereocenters. The summed E-state index contributed by atoms with van der Waals surface area (Å²) in [4.78, 5) is 16.8. The van der Waals surface area contributed by atoms with Gasteiger partial charge >= 0.3 is 5.97 Å². The molecule has 4 rings (SSSR count). The highest BCUT2D eigenvalue weighted by Gasteiger charge is 2.28. The lowest BCUT2D eigenvalue weighted by Crippen LogP contribution is -2.21. The van der Waals surface area contributed by atoms with Crippen LogP contribution in [0.15, 0.2) is 48.5 Å². The first-order valence-corrected chi connectivity index (χ1v) is 11.3. The molecule has 5 nitrogen and oxygen atoms in total. The van der Waals surface area contributed by atoms with Gasteiger partial charge in [-0.2, -0.15) is 0 Å². The molecule has 1 aliphatic carbocycles. The molecule has 166 valence electrons. The number of fused-ring (bicyclic) bond motifs is 1. The number of benzene rings is 2. The lowest BCUT2D eigenvalue weighted by molar-refractivity contribution is 0.0698. The van der Waals surface area contributed by atoms with Crippen LogP contribution in [0, 0.1) is 0 Å². The van der Waals surface area contributed by atoms with E-state index in [9.17, 15) is 9.90 Å². The zero-order chi connectivity index (χ0) is 22.7. The van der Waals surface area contributed by atoms with Crippen molar-refractivity contribution in [2.45, 2.75) is 52.0 Å². The van der Waals surface area contributed by atoms with Crippen LogP contribution in [-0.4, -0.2) is 23.2 Å². The molecule has 1 heterocycles. The molecular weight excluding hydrogens is 400 g/mol.